The van der Waals surface area contributed by atoms with Crippen LogP contribution in [0.25, 0.3) is 0 Å². The van der Waals surface area contributed by atoms with Crippen LogP contribution in [0.1, 0.15) is 24.5 Å². The molecule has 2 N–H and O–H groups in total. The molecule has 136 valence electrons. The third kappa shape index (κ3) is 4.71. The summed E-state index contributed by atoms with van der Waals surface area (Å²) < 4.78 is 38.2. The van der Waals surface area contributed by atoms with Gasteiger partial charge in [-0.1, -0.05) is 12.1 Å². The van der Waals surface area contributed by atoms with Gasteiger partial charge in [0.05, 0.1) is 11.5 Å². The summed E-state index contributed by atoms with van der Waals surface area (Å²) in [4.78, 5) is 36.0. The van der Waals surface area contributed by atoms with E-state index < -0.39 is 35.6 Å². The molecule has 2 rings (SSSR count). The monoisotopic (exact) mass is 358 g/mol. The number of hydrogen-bond donors (Lipinski definition) is 2. The molecule has 6 nitrogen and oxygen atoms in total. The molecule has 0 radical (unpaired) electrons. The van der Waals surface area contributed by atoms with Crippen LogP contribution in [-0.4, -0.2) is 40.4 Å². The van der Waals surface area contributed by atoms with Crippen LogP contribution in [0.4, 0.5) is 13.2 Å². The van der Waals surface area contributed by atoms with Gasteiger partial charge in [0.25, 0.3) is 0 Å². The van der Waals surface area contributed by atoms with E-state index in [9.17, 15) is 27.6 Å². The SMILES string of the molecule is C[C@H](NC(=O)C1CC(=O)N(Cc2cccc(C(F)(F)F)c2)C1)C(=O)O. The van der Waals surface area contributed by atoms with Gasteiger partial charge in [-0.15, -0.1) is 0 Å². The van der Waals surface area contributed by atoms with Gasteiger partial charge in [-0.05, 0) is 24.6 Å². The lowest BCUT2D eigenvalue weighted by atomic mass is 10.1. The third-order valence-corrected chi connectivity index (χ3v) is 3.94. The lowest BCUT2D eigenvalue weighted by Gasteiger charge is -2.18. The van der Waals surface area contributed by atoms with E-state index in [4.69, 9.17) is 5.11 Å². The minimum atomic E-state index is -4.47. The number of nitrogens with zero attached hydrogens (tertiary/aromatic N) is 1. The molecule has 9 heteroatoms. The van der Waals surface area contributed by atoms with Gasteiger partial charge in [0, 0.05) is 19.5 Å². The van der Waals surface area contributed by atoms with Crippen molar-refractivity contribution < 1.29 is 32.7 Å². The number of nitrogens with one attached hydrogen (secondary N) is 1. The highest BCUT2D eigenvalue weighted by Crippen LogP contribution is 2.30. The highest BCUT2D eigenvalue weighted by Gasteiger charge is 2.36. The Morgan fingerprint density at radius 1 is 1.40 bits per heavy atom. The summed E-state index contributed by atoms with van der Waals surface area (Å²) in [5, 5.41) is 11.1. The maximum Gasteiger partial charge on any atom is 0.416 e. The van der Waals surface area contributed by atoms with E-state index in [0.29, 0.717) is 5.56 Å². The zero-order chi connectivity index (χ0) is 18.8. The van der Waals surface area contributed by atoms with Crippen LogP contribution in [-0.2, 0) is 27.1 Å². The molecule has 0 aliphatic carbocycles. The summed E-state index contributed by atoms with van der Waals surface area (Å²) in [5.74, 6) is -2.84. The lowest BCUT2D eigenvalue weighted by molar-refractivity contribution is -0.141. The molecular weight excluding hydrogens is 341 g/mol. The molecule has 2 atom stereocenters. The summed E-state index contributed by atoms with van der Waals surface area (Å²) in [5.41, 5.74) is -0.496. The fraction of sp³-hybridized carbons (Fsp3) is 0.438. The first-order chi connectivity index (χ1) is 11.6. The number of carboxylic acids is 1. The van der Waals surface area contributed by atoms with Crippen molar-refractivity contribution >= 4 is 17.8 Å². The van der Waals surface area contributed by atoms with E-state index >= 15 is 0 Å². The van der Waals surface area contributed by atoms with Crippen molar-refractivity contribution in [2.24, 2.45) is 5.92 Å². The van der Waals surface area contributed by atoms with E-state index in [-0.39, 0.29) is 25.4 Å². The van der Waals surface area contributed by atoms with Crippen molar-refractivity contribution in [1.29, 1.82) is 0 Å². The normalized spacial score (nSPS) is 19.0. The Hall–Kier alpha value is -2.58. The van der Waals surface area contributed by atoms with Crippen LogP contribution in [0.5, 0.6) is 0 Å². The molecule has 1 aliphatic rings. The van der Waals surface area contributed by atoms with Gasteiger partial charge in [-0.25, -0.2) is 0 Å². The Morgan fingerprint density at radius 3 is 2.68 bits per heavy atom. The second-order valence-corrected chi connectivity index (χ2v) is 5.94. The Balaban J connectivity index is 2.02. The van der Waals surface area contributed by atoms with E-state index in [1.165, 1.54) is 24.0 Å². The zero-order valence-corrected chi connectivity index (χ0v) is 13.3. The average molecular weight is 358 g/mol. The van der Waals surface area contributed by atoms with Crippen molar-refractivity contribution in [2.75, 3.05) is 6.54 Å². The largest absolute Gasteiger partial charge is 0.480 e. The molecule has 0 spiro atoms. The number of carboxylic acid groups (broad SMARTS) is 1. The van der Waals surface area contributed by atoms with Gasteiger partial charge in [-0.2, -0.15) is 13.2 Å². The van der Waals surface area contributed by atoms with Gasteiger partial charge in [0.1, 0.15) is 6.04 Å². The van der Waals surface area contributed by atoms with Crippen LogP contribution < -0.4 is 5.32 Å². The number of alkyl halides is 3. The number of halogens is 3. The molecule has 1 saturated heterocycles. The minimum absolute atomic E-state index is 0.0350. The van der Waals surface area contributed by atoms with Crippen LogP contribution in [0, 0.1) is 5.92 Å². The van der Waals surface area contributed by atoms with Gasteiger partial charge < -0.3 is 15.3 Å². The molecule has 0 bridgehead atoms. The van der Waals surface area contributed by atoms with Crippen molar-refractivity contribution in [3.63, 3.8) is 0 Å². The quantitative estimate of drug-likeness (QED) is 0.838. The number of carbonyl (C=O) groups excluding carboxylic acids is 2. The molecule has 0 saturated carbocycles. The van der Waals surface area contributed by atoms with Crippen molar-refractivity contribution in [3.05, 3.63) is 35.4 Å². The fourth-order valence-electron chi connectivity index (χ4n) is 2.56. The Morgan fingerprint density at radius 2 is 2.08 bits per heavy atom. The van der Waals surface area contributed by atoms with Crippen LogP contribution >= 0.6 is 0 Å². The highest BCUT2D eigenvalue weighted by molar-refractivity contribution is 5.91. The molecule has 2 amide bonds. The summed E-state index contributed by atoms with van der Waals surface area (Å²) in [7, 11) is 0. The summed E-state index contributed by atoms with van der Waals surface area (Å²) in [6.45, 7) is 1.30. The smallest absolute Gasteiger partial charge is 0.416 e. The average Bonchev–Trinajstić information content (AvgIpc) is 2.87. The topological polar surface area (TPSA) is 86.7 Å². The van der Waals surface area contributed by atoms with Crippen molar-refractivity contribution in [3.8, 4) is 0 Å². The van der Waals surface area contributed by atoms with Crippen LogP contribution in [0.3, 0.4) is 0 Å². The highest BCUT2D eigenvalue weighted by atomic mass is 19.4. The summed E-state index contributed by atoms with van der Waals surface area (Å²) in [6, 6.07) is 3.56. The predicted octanol–water partition coefficient (Wildman–Crippen LogP) is 1.64. The molecule has 25 heavy (non-hydrogen) atoms. The molecule has 1 heterocycles. The van der Waals surface area contributed by atoms with E-state index in [0.717, 1.165) is 12.1 Å². The molecule has 1 aromatic rings. The maximum atomic E-state index is 12.7. The van der Waals surface area contributed by atoms with E-state index in [1.54, 1.807) is 0 Å². The third-order valence-electron chi connectivity index (χ3n) is 3.94. The fourth-order valence-corrected chi connectivity index (χ4v) is 2.56. The molecule has 1 fully saturated rings. The first-order valence-corrected chi connectivity index (χ1v) is 7.55. The van der Waals surface area contributed by atoms with E-state index in [1.807, 2.05) is 0 Å². The maximum absolute atomic E-state index is 12.7. The van der Waals surface area contributed by atoms with Gasteiger partial charge in [0.2, 0.25) is 11.8 Å². The predicted molar refractivity (Wildman–Crippen MR) is 80.2 cm³/mol. The molecular formula is C16H17F3N2O4. The number of carbonyl (C=O) groups is 3. The summed E-state index contributed by atoms with van der Waals surface area (Å²) >= 11 is 0. The number of benzene rings is 1. The first kappa shape index (κ1) is 18.8. The van der Waals surface area contributed by atoms with Crippen molar-refractivity contribution in [1.82, 2.24) is 10.2 Å². The molecule has 1 unspecified atom stereocenters. The van der Waals surface area contributed by atoms with Gasteiger partial charge in [0.15, 0.2) is 0 Å². The second-order valence-electron chi connectivity index (χ2n) is 5.94. The standard InChI is InChI=1S/C16H17F3N2O4/c1-9(15(24)25)20-14(23)11-6-13(22)21(8-11)7-10-3-2-4-12(5-10)16(17,18)19/h2-5,9,11H,6-8H2,1H3,(H,20,23)(H,24,25)/t9-,11?/m0/s1. The van der Waals surface area contributed by atoms with E-state index in [2.05, 4.69) is 5.32 Å². The number of amides is 2. The number of aliphatic carboxylic acids is 1. The summed E-state index contributed by atoms with van der Waals surface area (Å²) in [6.07, 6.45) is -4.57. The second kappa shape index (κ2) is 7.12. The Labute approximate surface area is 141 Å². The van der Waals surface area contributed by atoms with Crippen LogP contribution in [0.2, 0.25) is 0 Å². The zero-order valence-electron chi connectivity index (χ0n) is 13.3. The van der Waals surface area contributed by atoms with Crippen molar-refractivity contribution in [2.45, 2.75) is 32.1 Å². The molecule has 1 aromatic carbocycles. The molecule has 0 aromatic heterocycles. The van der Waals surface area contributed by atoms with Crippen LogP contribution in [0.15, 0.2) is 24.3 Å². The number of rotatable bonds is 5. The lowest BCUT2D eigenvalue weighted by Crippen LogP contribution is -2.42. The number of hydrogen-bond acceptors (Lipinski definition) is 3. The Kier molecular flexibility index (Phi) is 5.34. The first-order valence-electron chi connectivity index (χ1n) is 7.55. The number of likely N-dealkylation sites (tertiary alicyclic amines) is 1. The Bertz CT molecular complexity index is 690. The minimum Gasteiger partial charge on any atom is -0.480 e. The van der Waals surface area contributed by atoms with Gasteiger partial charge >= 0.3 is 12.1 Å². The molecule has 1 aliphatic heterocycles. The van der Waals surface area contributed by atoms with Gasteiger partial charge in [-0.3, -0.25) is 14.4 Å².